The van der Waals surface area contributed by atoms with Crippen molar-refractivity contribution in [3.05, 3.63) is 94.2 Å². The summed E-state index contributed by atoms with van der Waals surface area (Å²) in [6.07, 6.45) is 6.47. The van der Waals surface area contributed by atoms with Gasteiger partial charge in [0.25, 0.3) is 0 Å². The third kappa shape index (κ3) is 4.01. The molecule has 0 fully saturated rings. The maximum atomic E-state index is 11.9. The normalized spacial score (nSPS) is 11.0. The first kappa shape index (κ1) is 14.5. The third-order valence-corrected chi connectivity index (χ3v) is 2.82. The molecule has 0 atom stereocenters. The van der Waals surface area contributed by atoms with Crippen LogP contribution in [0.2, 0.25) is 0 Å². The fraction of sp³-hybridized carbons (Fsp3) is 0. The summed E-state index contributed by atoms with van der Waals surface area (Å²) >= 11 is 0. The van der Waals surface area contributed by atoms with Crippen LogP contribution in [0.5, 0.6) is 5.75 Å². The van der Waals surface area contributed by atoms with E-state index in [4.69, 9.17) is 0 Å². The highest BCUT2D eigenvalue weighted by Gasteiger charge is 2.08. The molecule has 0 saturated carbocycles. The van der Waals surface area contributed by atoms with Crippen LogP contribution in [0.4, 0.5) is 0 Å². The van der Waals surface area contributed by atoms with Gasteiger partial charge in [-0.15, -0.1) is 0 Å². The molecular weight excluding hydrogens is 264 g/mol. The van der Waals surface area contributed by atoms with E-state index < -0.39 is 17.0 Å². The summed E-state index contributed by atoms with van der Waals surface area (Å²) in [7, 11) is 0. The van der Waals surface area contributed by atoms with Gasteiger partial charge in [0, 0.05) is 0 Å². The summed E-state index contributed by atoms with van der Waals surface area (Å²) in [5.41, 5.74) is 0.441. The molecule has 0 amide bonds. The Kier molecular flexibility index (Phi) is 4.83. The molecule has 104 valence electrons. The van der Waals surface area contributed by atoms with E-state index in [-0.39, 0.29) is 5.56 Å². The molecule has 0 radical (unpaired) electrons. The number of rotatable bonds is 4. The average Bonchev–Trinajstić information content (AvgIpc) is 2.67. The molecule has 0 spiro atoms. The van der Waals surface area contributed by atoms with E-state index in [1.54, 1.807) is 18.2 Å². The smallest absolute Gasteiger partial charge is 0.220 e. The quantitative estimate of drug-likeness (QED) is 0.531. The second-order valence-electron chi connectivity index (χ2n) is 4.34. The van der Waals surface area contributed by atoms with Crippen LogP contribution < -0.4 is 5.43 Å². The highest BCUT2D eigenvalue weighted by atomic mass is 16.3. The van der Waals surface area contributed by atoms with Gasteiger partial charge in [0.1, 0.15) is 0 Å². The van der Waals surface area contributed by atoms with Crippen molar-refractivity contribution < 1.29 is 9.90 Å². The van der Waals surface area contributed by atoms with E-state index >= 15 is 0 Å². The van der Waals surface area contributed by atoms with E-state index in [1.807, 2.05) is 36.4 Å². The van der Waals surface area contributed by atoms with E-state index in [1.165, 1.54) is 24.3 Å². The van der Waals surface area contributed by atoms with Crippen LogP contribution in [-0.4, -0.2) is 10.9 Å². The first-order chi connectivity index (χ1) is 10.2. The lowest BCUT2D eigenvalue weighted by Crippen LogP contribution is -2.01. The molecule has 2 aromatic rings. The highest BCUT2D eigenvalue weighted by Crippen LogP contribution is 2.11. The Morgan fingerprint density at radius 3 is 2.33 bits per heavy atom. The summed E-state index contributed by atoms with van der Waals surface area (Å²) < 4.78 is 0. The Hall–Kier alpha value is -2.94. The van der Waals surface area contributed by atoms with Gasteiger partial charge in [-0.3, -0.25) is 9.59 Å². The van der Waals surface area contributed by atoms with Gasteiger partial charge in [-0.1, -0.05) is 60.7 Å². The van der Waals surface area contributed by atoms with E-state index in [0.29, 0.717) is 0 Å². The Morgan fingerprint density at radius 2 is 1.57 bits per heavy atom. The molecule has 3 nitrogen and oxygen atoms in total. The molecule has 2 rings (SSSR count). The number of carbonyl (C=O) groups is 1. The largest absolute Gasteiger partial charge is 0.504 e. The zero-order valence-electron chi connectivity index (χ0n) is 11.3. The number of hydrogen-bond donors (Lipinski definition) is 1. The summed E-state index contributed by atoms with van der Waals surface area (Å²) in [4.78, 5) is 23.4. The average molecular weight is 278 g/mol. The fourth-order valence-corrected chi connectivity index (χ4v) is 1.75. The van der Waals surface area contributed by atoms with Crippen molar-refractivity contribution in [2.24, 2.45) is 0 Å². The van der Waals surface area contributed by atoms with Crippen molar-refractivity contribution in [1.29, 1.82) is 0 Å². The van der Waals surface area contributed by atoms with Crippen LogP contribution >= 0.6 is 0 Å². The second kappa shape index (κ2) is 7.01. The zero-order chi connectivity index (χ0) is 15.1. The lowest BCUT2D eigenvalue weighted by Gasteiger charge is -1.94. The molecule has 2 aromatic carbocycles. The van der Waals surface area contributed by atoms with Gasteiger partial charge < -0.3 is 5.11 Å². The summed E-state index contributed by atoms with van der Waals surface area (Å²) in [5, 5.41) is 9.68. The fourth-order valence-electron chi connectivity index (χ4n) is 1.75. The van der Waals surface area contributed by atoms with Crippen molar-refractivity contribution >= 4 is 11.9 Å². The van der Waals surface area contributed by atoms with Crippen LogP contribution in [0.25, 0.3) is 6.08 Å². The molecule has 0 aliphatic rings. The number of hydrogen-bond acceptors (Lipinski definition) is 3. The predicted molar refractivity (Wildman–Crippen MR) is 83.3 cm³/mol. The molecule has 1 N–H and O–H groups in total. The maximum Gasteiger partial charge on any atom is 0.220 e. The zero-order valence-corrected chi connectivity index (χ0v) is 11.3. The van der Waals surface area contributed by atoms with Crippen molar-refractivity contribution in [3.63, 3.8) is 0 Å². The molecule has 0 aliphatic heterocycles. The van der Waals surface area contributed by atoms with Crippen LogP contribution in [0.1, 0.15) is 15.9 Å². The molecule has 0 heterocycles. The first-order valence-electron chi connectivity index (χ1n) is 6.45. The molecule has 0 unspecified atom stereocenters. The van der Waals surface area contributed by atoms with Gasteiger partial charge in [0.2, 0.25) is 5.43 Å². The third-order valence-electron chi connectivity index (χ3n) is 2.82. The number of carbonyl (C=O) groups excluding carboxylic acids is 1. The Bertz CT molecular complexity index is 744. The van der Waals surface area contributed by atoms with Gasteiger partial charge in [-0.25, -0.2) is 0 Å². The van der Waals surface area contributed by atoms with Gasteiger partial charge >= 0.3 is 0 Å². The Morgan fingerprint density at radius 1 is 0.905 bits per heavy atom. The van der Waals surface area contributed by atoms with Crippen LogP contribution in [-0.2, 0) is 0 Å². The molecule has 0 aliphatic carbocycles. The van der Waals surface area contributed by atoms with Crippen LogP contribution in [0, 0.1) is 0 Å². The molecule has 0 aromatic heterocycles. The van der Waals surface area contributed by atoms with Gasteiger partial charge in [-0.05, 0) is 23.8 Å². The molecule has 21 heavy (non-hydrogen) atoms. The summed E-state index contributed by atoms with van der Waals surface area (Å²) in [5.74, 6) is -0.944. The van der Waals surface area contributed by atoms with Crippen LogP contribution in [0.15, 0.2) is 77.6 Å². The van der Waals surface area contributed by atoms with E-state index in [9.17, 15) is 14.7 Å². The van der Waals surface area contributed by atoms with Crippen molar-refractivity contribution in [3.8, 4) is 5.75 Å². The monoisotopic (exact) mass is 278 g/mol. The van der Waals surface area contributed by atoms with Crippen molar-refractivity contribution in [1.82, 2.24) is 0 Å². The SMILES string of the molecule is O=C(/C=C/C=C/c1ccccc1)c1ccccc(=O)c1O. The lowest BCUT2D eigenvalue weighted by molar-refractivity contribution is 0.104. The Labute approximate surface area is 122 Å². The van der Waals surface area contributed by atoms with Gasteiger partial charge in [-0.2, -0.15) is 0 Å². The minimum Gasteiger partial charge on any atom is -0.504 e. The van der Waals surface area contributed by atoms with Crippen molar-refractivity contribution in [2.75, 3.05) is 0 Å². The molecule has 0 saturated heterocycles. The molecule has 3 heteroatoms. The standard InChI is InChI=1S/C18H14O3/c19-16(15-11-5-7-13-17(20)18(15)21)12-6-4-10-14-8-2-1-3-9-14/h1-13H,(H,20,21)/b10-4+,12-6+. The van der Waals surface area contributed by atoms with E-state index in [2.05, 4.69) is 0 Å². The van der Waals surface area contributed by atoms with Gasteiger partial charge in [0.15, 0.2) is 11.5 Å². The summed E-state index contributed by atoms with van der Waals surface area (Å²) in [6, 6.07) is 15.3. The minimum absolute atomic E-state index is 0.00522. The number of ketones is 1. The first-order valence-corrected chi connectivity index (χ1v) is 6.45. The maximum absolute atomic E-state index is 11.9. The highest BCUT2D eigenvalue weighted by molar-refractivity contribution is 6.06. The summed E-state index contributed by atoms with van der Waals surface area (Å²) in [6.45, 7) is 0. The number of benzene rings is 1. The number of allylic oxidation sites excluding steroid dienone is 3. The van der Waals surface area contributed by atoms with Gasteiger partial charge in [0.05, 0.1) is 5.56 Å². The lowest BCUT2D eigenvalue weighted by atomic mass is 10.1. The topological polar surface area (TPSA) is 54.4 Å². The number of aromatic hydroxyl groups is 1. The Balaban J connectivity index is 2.14. The van der Waals surface area contributed by atoms with E-state index in [0.717, 1.165) is 5.56 Å². The predicted octanol–water partition coefficient (Wildman–Crippen LogP) is 3.20. The minimum atomic E-state index is -0.573. The van der Waals surface area contributed by atoms with Crippen molar-refractivity contribution in [2.45, 2.75) is 0 Å². The molecule has 0 bridgehead atoms. The molecular formula is C18H14O3. The van der Waals surface area contributed by atoms with Crippen LogP contribution in [0.3, 0.4) is 0 Å². The second-order valence-corrected chi connectivity index (χ2v) is 4.34.